The Hall–Kier alpha value is -0.770. The van der Waals surface area contributed by atoms with Gasteiger partial charge in [-0.1, -0.05) is 0 Å². The van der Waals surface area contributed by atoms with E-state index in [0.29, 0.717) is 0 Å². The fraction of sp³-hybridized carbons (Fsp3) is 0. The van der Waals surface area contributed by atoms with Crippen LogP contribution in [0.2, 0.25) is 0 Å². The van der Waals surface area contributed by atoms with Gasteiger partial charge >= 0.3 is 0 Å². The maximum Gasteiger partial charge on any atom is 0.266 e. The molecule has 0 aliphatic carbocycles. The van der Waals surface area contributed by atoms with Gasteiger partial charge in [-0.25, -0.2) is 0 Å². The zero-order valence-electron chi connectivity index (χ0n) is 6.23. The third-order valence-corrected chi connectivity index (χ3v) is 1.50. The average molecular weight is 192 g/mol. The van der Waals surface area contributed by atoms with Gasteiger partial charge < -0.3 is 10.1 Å². The molecule has 1 aromatic heterocycles. The summed E-state index contributed by atoms with van der Waals surface area (Å²) >= 11 is 2.77. The quantitative estimate of drug-likeness (QED) is 0.639. The number of rotatable bonds is 0. The predicted octanol–water partition coefficient (Wildman–Crippen LogP) is 0.843. The van der Waals surface area contributed by atoms with E-state index in [0.717, 1.165) is 0 Å². The summed E-state index contributed by atoms with van der Waals surface area (Å²) in [6.07, 6.45) is -0.393. The zero-order valence-corrected chi connectivity index (χ0v) is 5.82. The van der Waals surface area contributed by atoms with E-state index in [2.05, 4.69) is 20.9 Å². The molecule has 0 fully saturated rings. The number of halogens is 1. The van der Waals surface area contributed by atoms with Crippen LogP contribution >= 0.6 is 15.9 Å². The molecule has 0 aliphatic rings. The van der Waals surface area contributed by atoms with E-state index in [9.17, 15) is 4.79 Å². The summed E-state index contributed by atoms with van der Waals surface area (Å²) in [4.78, 5) is 12.8. The highest BCUT2D eigenvalue weighted by Crippen LogP contribution is 2.15. The Labute approximate surface area is 62.3 Å². The minimum Gasteiger partial charge on any atom is -0.507 e. The highest BCUT2D eigenvalue weighted by molar-refractivity contribution is 9.10. The molecule has 0 atom stereocenters. The fourth-order valence-electron chi connectivity index (χ4n) is 0.365. The average Bonchev–Trinajstić information content (AvgIpc) is 1.97. The van der Waals surface area contributed by atoms with Crippen molar-refractivity contribution >= 4 is 15.9 Å². The molecule has 9 heavy (non-hydrogen) atoms. The van der Waals surface area contributed by atoms with Crippen LogP contribution in [0.4, 0.5) is 0 Å². The Kier molecular flexibility index (Phi) is 1.02. The summed E-state index contributed by atoms with van der Waals surface area (Å²) in [5, 5.41) is 8.99. The second-order valence-corrected chi connectivity index (χ2v) is 2.16. The lowest BCUT2D eigenvalue weighted by Gasteiger charge is -1.90. The molecule has 48 valence electrons. The third kappa shape index (κ3) is 1.13. The van der Waals surface area contributed by atoms with Crippen molar-refractivity contribution in [1.29, 1.82) is 0 Å². The molecule has 0 unspecified atom stereocenters. The first-order valence-electron chi connectivity index (χ1n) is 3.12. The summed E-state index contributed by atoms with van der Waals surface area (Å²) < 4.78 is 13.9. The van der Waals surface area contributed by atoms with Crippen molar-refractivity contribution in [2.24, 2.45) is 0 Å². The van der Waals surface area contributed by atoms with Gasteiger partial charge in [-0.15, -0.1) is 0 Å². The second-order valence-electron chi connectivity index (χ2n) is 1.37. The fourth-order valence-corrected chi connectivity index (χ4v) is 0.563. The van der Waals surface area contributed by atoms with E-state index in [1.54, 1.807) is 0 Å². The molecule has 0 amide bonds. The van der Waals surface area contributed by atoms with Gasteiger partial charge in [-0.05, 0) is 22.0 Å². The monoisotopic (exact) mass is 191 g/mol. The molecule has 2 N–H and O–H groups in total. The number of aromatic nitrogens is 1. The van der Waals surface area contributed by atoms with E-state index in [-0.39, 0.29) is 4.47 Å². The molecule has 0 aromatic carbocycles. The van der Waals surface area contributed by atoms with Crippen molar-refractivity contribution < 1.29 is 7.85 Å². The SMILES string of the molecule is [2H]c1[nH]c(=O)c(Br)c(O)c1[2H]. The first kappa shape index (κ1) is 4.11. The molecular formula is C5H4BrNO2. The maximum absolute atomic E-state index is 10.7. The first-order valence-corrected chi connectivity index (χ1v) is 2.91. The van der Waals surface area contributed by atoms with Gasteiger partial charge in [0, 0.05) is 6.17 Å². The minimum absolute atomic E-state index is 0.112. The molecule has 4 heteroatoms. The van der Waals surface area contributed by atoms with Gasteiger partial charge in [0.2, 0.25) is 0 Å². The Balaban J connectivity index is 3.59. The smallest absolute Gasteiger partial charge is 0.266 e. The number of nitrogens with one attached hydrogen (secondary N) is 1. The summed E-state index contributed by atoms with van der Waals surface area (Å²) in [5.41, 5.74) is -0.608. The Morgan fingerprint density at radius 3 is 3.22 bits per heavy atom. The number of aromatic hydroxyl groups is 1. The molecule has 0 spiro atoms. The van der Waals surface area contributed by atoms with Crippen LogP contribution < -0.4 is 5.56 Å². The van der Waals surface area contributed by atoms with E-state index in [1.807, 2.05) is 0 Å². The highest BCUT2D eigenvalue weighted by Gasteiger charge is 1.97. The lowest BCUT2D eigenvalue weighted by molar-refractivity contribution is 0.470. The molecule has 0 saturated carbocycles. The van der Waals surface area contributed by atoms with Gasteiger partial charge in [0.25, 0.3) is 5.56 Å². The molecule has 1 heterocycles. The molecule has 1 rings (SSSR count). The van der Waals surface area contributed by atoms with Crippen LogP contribution in [0.5, 0.6) is 5.75 Å². The summed E-state index contributed by atoms with van der Waals surface area (Å²) in [7, 11) is 0. The topological polar surface area (TPSA) is 53.1 Å². The Morgan fingerprint density at radius 2 is 2.56 bits per heavy atom. The number of aromatic amines is 1. The largest absolute Gasteiger partial charge is 0.507 e. The van der Waals surface area contributed by atoms with Crippen LogP contribution in [0.25, 0.3) is 0 Å². The molecule has 3 nitrogen and oxygen atoms in total. The lowest BCUT2D eigenvalue weighted by Crippen LogP contribution is -2.03. The van der Waals surface area contributed by atoms with Gasteiger partial charge in [0.05, 0.1) is 2.74 Å². The van der Waals surface area contributed by atoms with Crippen molar-refractivity contribution in [3.05, 3.63) is 27.0 Å². The summed E-state index contributed by atoms with van der Waals surface area (Å²) in [5.74, 6) is -0.501. The van der Waals surface area contributed by atoms with Crippen LogP contribution in [0, 0.1) is 0 Å². The van der Waals surface area contributed by atoms with Gasteiger partial charge in [-0.3, -0.25) is 4.79 Å². The summed E-state index contributed by atoms with van der Waals surface area (Å²) in [6, 6.07) is -0.392. The van der Waals surface area contributed by atoms with Crippen molar-refractivity contribution in [1.82, 2.24) is 4.98 Å². The summed E-state index contributed by atoms with van der Waals surface area (Å²) in [6.45, 7) is 0. The number of pyridine rings is 1. The minimum atomic E-state index is -0.608. The molecule has 0 saturated heterocycles. The van der Waals surface area contributed by atoms with Gasteiger partial charge in [-0.2, -0.15) is 0 Å². The van der Waals surface area contributed by atoms with E-state index >= 15 is 0 Å². The first-order chi connectivity index (χ1) is 5.04. The van der Waals surface area contributed by atoms with Crippen LogP contribution in [0.1, 0.15) is 2.74 Å². The lowest BCUT2D eigenvalue weighted by atomic mass is 10.5. The molecule has 0 radical (unpaired) electrons. The van der Waals surface area contributed by atoms with Crippen molar-refractivity contribution in [3.8, 4) is 5.75 Å². The van der Waals surface area contributed by atoms with Gasteiger partial charge in [0.15, 0.2) is 0 Å². The normalized spacial score (nSPS) is 12.6. The van der Waals surface area contributed by atoms with Crippen molar-refractivity contribution in [2.45, 2.75) is 0 Å². The van der Waals surface area contributed by atoms with Crippen molar-refractivity contribution in [3.63, 3.8) is 0 Å². The molecule has 0 bridgehead atoms. The second kappa shape index (κ2) is 2.23. The standard InChI is InChI=1S/C5H4BrNO2/c6-4-3(8)1-2-7-5(4)9/h1-2H,(H2,7,8,9)/i1D,2D. The molecular weight excluding hydrogens is 186 g/mol. The number of hydrogen-bond acceptors (Lipinski definition) is 2. The van der Waals surface area contributed by atoms with Crippen LogP contribution in [-0.4, -0.2) is 10.1 Å². The Morgan fingerprint density at radius 1 is 1.89 bits per heavy atom. The van der Waals surface area contributed by atoms with E-state index in [4.69, 9.17) is 7.85 Å². The predicted molar refractivity (Wildman–Crippen MR) is 36.4 cm³/mol. The number of hydrogen-bond donors (Lipinski definition) is 2. The van der Waals surface area contributed by atoms with E-state index in [1.165, 1.54) is 0 Å². The highest BCUT2D eigenvalue weighted by atomic mass is 79.9. The number of H-pyrrole nitrogens is 1. The van der Waals surface area contributed by atoms with Crippen molar-refractivity contribution in [2.75, 3.05) is 0 Å². The van der Waals surface area contributed by atoms with Gasteiger partial charge in [0.1, 0.15) is 10.2 Å². The van der Waals surface area contributed by atoms with Crippen LogP contribution in [0.15, 0.2) is 21.5 Å². The zero-order chi connectivity index (χ0) is 8.59. The van der Waals surface area contributed by atoms with E-state index < -0.39 is 23.5 Å². The molecule has 0 aliphatic heterocycles. The van der Waals surface area contributed by atoms with Crippen LogP contribution in [0.3, 0.4) is 0 Å². The van der Waals surface area contributed by atoms with Crippen LogP contribution in [-0.2, 0) is 0 Å². The molecule has 1 aromatic rings. The third-order valence-electron chi connectivity index (χ3n) is 0.764. The Bertz CT molecular complexity index is 349. The maximum atomic E-state index is 10.7.